The second kappa shape index (κ2) is 10.6. The van der Waals surface area contributed by atoms with Crippen molar-refractivity contribution in [2.75, 3.05) is 33.0 Å². The van der Waals surface area contributed by atoms with E-state index in [-0.39, 0.29) is 5.91 Å². The Morgan fingerprint density at radius 1 is 1.04 bits per heavy atom. The van der Waals surface area contributed by atoms with Crippen LogP contribution in [0.25, 0.3) is 0 Å². The number of hydrogen-bond acceptors (Lipinski definition) is 4. The molecule has 134 valence electrons. The largest absolute Gasteiger partial charge is 0.492 e. The highest BCUT2D eigenvalue weighted by Crippen LogP contribution is 2.18. The number of ether oxygens (including phenoxy) is 3. The summed E-state index contributed by atoms with van der Waals surface area (Å²) < 4.78 is 16.4. The lowest BCUT2D eigenvalue weighted by atomic mass is 10.2. The average Bonchev–Trinajstić information content (AvgIpc) is 2.63. The molecule has 0 aliphatic rings. The molecule has 1 N–H and O–H groups in total. The molecule has 0 aliphatic carbocycles. The standard InChI is InChI=1S/C19H22ClNO4/c1-2-23-12-13-25-18-9-4-3-8-17(18)19(22)21-10-11-24-16-7-5-6-15(20)14-16/h3-9,14H,2,10-13H2,1H3,(H,21,22). The minimum Gasteiger partial charge on any atom is -0.492 e. The third kappa shape index (κ3) is 6.64. The maximum atomic E-state index is 12.3. The number of carbonyl (C=O) groups excluding carboxylic acids is 1. The van der Waals surface area contributed by atoms with Crippen LogP contribution in [0.3, 0.4) is 0 Å². The number of benzene rings is 2. The number of carbonyl (C=O) groups is 1. The molecule has 0 spiro atoms. The summed E-state index contributed by atoms with van der Waals surface area (Å²) in [5.41, 5.74) is 0.488. The van der Waals surface area contributed by atoms with E-state index in [1.807, 2.05) is 25.1 Å². The lowest BCUT2D eigenvalue weighted by Crippen LogP contribution is -2.28. The zero-order chi connectivity index (χ0) is 17.9. The molecule has 2 aromatic rings. The minimum absolute atomic E-state index is 0.207. The molecule has 0 atom stereocenters. The first-order valence-corrected chi connectivity index (χ1v) is 8.54. The summed E-state index contributed by atoms with van der Waals surface area (Å²) >= 11 is 5.89. The molecule has 0 aliphatic heterocycles. The van der Waals surface area contributed by atoms with Crippen molar-refractivity contribution in [3.05, 3.63) is 59.1 Å². The van der Waals surface area contributed by atoms with Crippen molar-refractivity contribution < 1.29 is 19.0 Å². The van der Waals surface area contributed by atoms with Gasteiger partial charge in [0, 0.05) is 11.6 Å². The van der Waals surface area contributed by atoms with Crippen LogP contribution in [0.2, 0.25) is 5.02 Å². The van der Waals surface area contributed by atoms with E-state index in [4.69, 9.17) is 25.8 Å². The zero-order valence-corrected chi connectivity index (χ0v) is 14.9. The Bertz CT molecular complexity index is 678. The van der Waals surface area contributed by atoms with Gasteiger partial charge in [0.2, 0.25) is 0 Å². The first-order chi connectivity index (χ1) is 12.2. The predicted molar refractivity (Wildman–Crippen MR) is 97.7 cm³/mol. The second-order valence-corrected chi connectivity index (χ2v) is 5.54. The molecular formula is C19H22ClNO4. The van der Waals surface area contributed by atoms with E-state index in [1.165, 1.54) is 0 Å². The number of nitrogens with one attached hydrogen (secondary N) is 1. The van der Waals surface area contributed by atoms with Crippen molar-refractivity contribution >= 4 is 17.5 Å². The summed E-state index contributed by atoms with van der Waals surface area (Å²) in [5.74, 6) is 0.999. The minimum atomic E-state index is -0.207. The van der Waals surface area contributed by atoms with Gasteiger partial charge in [0.15, 0.2) is 0 Å². The summed E-state index contributed by atoms with van der Waals surface area (Å²) in [6, 6.07) is 14.2. The Balaban J connectivity index is 1.80. The number of hydrogen-bond donors (Lipinski definition) is 1. The highest BCUT2D eigenvalue weighted by Gasteiger charge is 2.11. The summed E-state index contributed by atoms with van der Waals surface area (Å²) in [4.78, 5) is 12.3. The van der Waals surface area contributed by atoms with E-state index in [2.05, 4.69) is 5.32 Å². The summed E-state index contributed by atoms with van der Waals surface area (Å²) in [6.07, 6.45) is 0. The highest BCUT2D eigenvalue weighted by atomic mass is 35.5. The predicted octanol–water partition coefficient (Wildman–Crippen LogP) is 3.56. The van der Waals surface area contributed by atoms with Gasteiger partial charge in [-0.2, -0.15) is 0 Å². The van der Waals surface area contributed by atoms with Gasteiger partial charge in [-0.15, -0.1) is 0 Å². The molecule has 0 radical (unpaired) electrons. The molecule has 5 nitrogen and oxygen atoms in total. The van der Waals surface area contributed by atoms with E-state index >= 15 is 0 Å². The number of amides is 1. The molecule has 0 bridgehead atoms. The molecule has 6 heteroatoms. The van der Waals surface area contributed by atoms with Crippen LogP contribution >= 0.6 is 11.6 Å². The van der Waals surface area contributed by atoms with Crippen LogP contribution in [0.4, 0.5) is 0 Å². The first-order valence-electron chi connectivity index (χ1n) is 8.17. The molecule has 2 rings (SSSR count). The normalized spacial score (nSPS) is 10.3. The molecule has 0 saturated heterocycles. The first kappa shape index (κ1) is 19.1. The van der Waals surface area contributed by atoms with E-state index in [0.717, 1.165) is 0 Å². The third-order valence-corrected chi connectivity index (χ3v) is 3.51. The fraction of sp³-hybridized carbons (Fsp3) is 0.316. The van der Waals surface area contributed by atoms with Gasteiger partial charge in [-0.25, -0.2) is 0 Å². The second-order valence-electron chi connectivity index (χ2n) is 5.10. The average molecular weight is 364 g/mol. The van der Waals surface area contributed by atoms with Crippen LogP contribution in [-0.4, -0.2) is 38.9 Å². The van der Waals surface area contributed by atoms with E-state index in [0.29, 0.717) is 55.1 Å². The molecule has 0 unspecified atom stereocenters. The van der Waals surface area contributed by atoms with Gasteiger partial charge in [-0.05, 0) is 37.3 Å². The number of rotatable bonds is 10. The fourth-order valence-corrected chi connectivity index (χ4v) is 2.30. The van der Waals surface area contributed by atoms with Gasteiger partial charge in [-0.1, -0.05) is 29.8 Å². The van der Waals surface area contributed by atoms with Gasteiger partial charge in [0.05, 0.1) is 18.7 Å². The Morgan fingerprint density at radius 2 is 1.88 bits per heavy atom. The van der Waals surface area contributed by atoms with Crippen LogP contribution < -0.4 is 14.8 Å². The number of para-hydroxylation sites is 1. The van der Waals surface area contributed by atoms with Gasteiger partial charge < -0.3 is 19.5 Å². The van der Waals surface area contributed by atoms with Crippen molar-refractivity contribution in [1.29, 1.82) is 0 Å². The van der Waals surface area contributed by atoms with Gasteiger partial charge in [-0.3, -0.25) is 4.79 Å². The fourth-order valence-electron chi connectivity index (χ4n) is 2.12. The Kier molecular flexibility index (Phi) is 8.09. The zero-order valence-electron chi connectivity index (χ0n) is 14.2. The Hall–Kier alpha value is -2.24. The molecule has 0 saturated carbocycles. The Labute approximate surface area is 152 Å². The lowest BCUT2D eigenvalue weighted by Gasteiger charge is -2.12. The topological polar surface area (TPSA) is 56.8 Å². The van der Waals surface area contributed by atoms with Crippen LogP contribution in [-0.2, 0) is 4.74 Å². The van der Waals surface area contributed by atoms with Crippen molar-refractivity contribution in [1.82, 2.24) is 5.32 Å². The third-order valence-electron chi connectivity index (χ3n) is 3.27. The smallest absolute Gasteiger partial charge is 0.255 e. The maximum Gasteiger partial charge on any atom is 0.255 e. The highest BCUT2D eigenvalue weighted by molar-refractivity contribution is 6.30. The van der Waals surface area contributed by atoms with E-state index < -0.39 is 0 Å². The lowest BCUT2D eigenvalue weighted by molar-refractivity contribution is 0.0930. The molecule has 1 amide bonds. The summed E-state index contributed by atoms with van der Waals surface area (Å²) in [6.45, 7) is 4.17. The van der Waals surface area contributed by atoms with Crippen LogP contribution in [0.5, 0.6) is 11.5 Å². The molecule has 0 fully saturated rings. The molecule has 0 heterocycles. The van der Waals surface area contributed by atoms with E-state index in [9.17, 15) is 4.79 Å². The number of halogens is 1. The van der Waals surface area contributed by atoms with E-state index in [1.54, 1.807) is 30.3 Å². The maximum absolute atomic E-state index is 12.3. The molecule has 25 heavy (non-hydrogen) atoms. The van der Waals surface area contributed by atoms with Crippen LogP contribution in [0.1, 0.15) is 17.3 Å². The van der Waals surface area contributed by atoms with Crippen molar-refractivity contribution in [2.24, 2.45) is 0 Å². The van der Waals surface area contributed by atoms with Gasteiger partial charge in [0.25, 0.3) is 5.91 Å². The van der Waals surface area contributed by atoms with Gasteiger partial charge in [0.1, 0.15) is 24.7 Å². The van der Waals surface area contributed by atoms with Crippen molar-refractivity contribution in [2.45, 2.75) is 6.92 Å². The SMILES string of the molecule is CCOCCOc1ccccc1C(=O)NCCOc1cccc(Cl)c1. The van der Waals surface area contributed by atoms with Crippen molar-refractivity contribution in [3.63, 3.8) is 0 Å². The van der Waals surface area contributed by atoms with Crippen molar-refractivity contribution in [3.8, 4) is 11.5 Å². The quantitative estimate of drug-likeness (QED) is 0.656. The molecule has 0 aromatic heterocycles. The van der Waals surface area contributed by atoms with Crippen LogP contribution in [0, 0.1) is 0 Å². The monoisotopic (exact) mass is 363 g/mol. The summed E-state index contributed by atoms with van der Waals surface area (Å²) in [5, 5.41) is 3.43. The molecule has 2 aromatic carbocycles. The molecular weight excluding hydrogens is 342 g/mol. The van der Waals surface area contributed by atoms with Gasteiger partial charge >= 0.3 is 0 Å². The van der Waals surface area contributed by atoms with Crippen LogP contribution in [0.15, 0.2) is 48.5 Å². The summed E-state index contributed by atoms with van der Waals surface area (Å²) in [7, 11) is 0. The Morgan fingerprint density at radius 3 is 2.68 bits per heavy atom.